The van der Waals surface area contributed by atoms with Gasteiger partial charge in [-0.1, -0.05) is 0 Å². The van der Waals surface area contributed by atoms with Gasteiger partial charge in [-0.05, 0) is 32.8 Å². The number of rotatable bonds is 5. The van der Waals surface area contributed by atoms with E-state index in [0.717, 1.165) is 30.5 Å². The van der Waals surface area contributed by atoms with E-state index >= 15 is 0 Å². The molecule has 1 N–H and O–H groups in total. The van der Waals surface area contributed by atoms with Crippen LogP contribution in [0, 0.1) is 13.8 Å². The van der Waals surface area contributed by atoms with Crippen LogP contribution in [0.15, 0.2) is 11.4 Å². The SMILES string of the molecule is Cc1cc(C)n(Cc2csc(CNC3CC3)n2)n1. The van der Waals surface area contributed by atoms with E-state index in [1.54, 1.807) is 11.3 Å². The summed E-state index contributed by atoms with van der Waals surface area (Å²) < 4.78 is 2.02. The molecule has 5 heteroatoms. The highest BCUT2D eigenvalue weighted by molar-refractivity contribution is 7.09. The first-order valence-electron chi connectivity index (χ1n) is 6.38. The van der Waals surface area contributed by atoms with Gasteiger partial charge in [0.1, 0.15) is 5.01 Å². The van der Waals surface area contributed by atoms with Crippen LogP contribution in [0.2, 0.25) is 0 Å². The molecule has 2 aromatic heterocycles. The second-order valence-corrected chi connectivity index (χ2v) is 5.92. The molecule has 96 valence electrons. The summed E-state index contributed by atoms with van der Waals surface area (Å²) in [7, 11) is 0. The largest absolute Gasteiger partial charge is 0.308 e. The lowest BCUT2D eigenvalue weighted by Gasteiger charge is -2.01. The minimum Gasteiger partial charge on any atom is -0.308 e. The van der Waals surface area contributed by atoms with Crippen LogP contribution >= 0.6 is 11.3 Å². The molecule has 0 spiro atoms. The van der Waals surface area contributed by atoms with E-state index in [0.29, 0.717) is 0 Å². The quantitative estimate of drug-likeness (QED) is 0.898. The molecule has 18 heavy (non-hydrogen) atoms. The molecular formula is C13H18N4S. The molecule has 1 fully saturated rings. The van der Waals surface area contributed by atoms with Crippen LogP contribution in [0.1, 0.15) is 34.9 Å². The minimum absolute atomic E-state index is 0.744. The van der Waals surface area contributed by atoms with Crippen molar-refractivity contribution in [1.82, 2.24) is 20.1 Å². The maximum Gasteiger partial charge on any atom is 0.107 e. The van der Waals surface area contributed by atoms with Gasteiger partial charge in [-0.25, -0.2) is 4.98 Å². The van der Waals surface area contributed by atoms with Gasteiger partial charge >= 0.3 is 0 Å². The molecule has 0 bridgehead atoms. The molecule has 1 aliphatic rings. The van der Waals surface area contributed by atoms with E-state index in [9.17, 15) is 0 Å². The fourth-order valence-electron chi connectivity index (χ4n) is 2.01. The van der Waals surface area contributed by atoms with Crippen molar-refractivity contribution < 1.29 is 0 Å². The van der Waals surface area contributed by atoms with Gasteiger partial charge < -0.3 is 5.32 Å². The molecule has 4 nitrogen and oxygen atoms in total. The van der Waals surface area contributed by atoms with Gasteiger partial charge in [0.25, 0.3) is 0 Å². The summed E-state index contributed by atoms with van der Waals surface area (Å²) >= 11 is 1.74. The third-order valence-electron chi connectivity index (χ3n) is 3.13. The molecule has 0 radical (unpaired) electrons. The fraction of sp³-hybridized carbons (Fsp3) is 0.538. The van der Waals surface area contributed by atoms with Crippen molar-refractivity contribution in [2.45, 2.75) is 45.8 Å². The van der Waals surface area contributed by atoms with Crippen LogP contribution in [0.3, 0.4) is 0 Å². The first-order chi connectivity index (χ1) is 8.70. The van der Waals surface area contributed by atoms with Crippen molar-refractivity contribution in [1.29, 1.82) is 0 Å². The number of thiazole rings is 1. The highest BCUT2D eigenvalue weighted by Crippen LogP contribution is 2.20. The molecule has 3 rings (SSSR count). The second kappa shape index (κ2) is 4.82. The zero-order chi connectivity index (χ0) is 12.5. The summed E-state index contributed by atoms with van der Waals surface area (Å²) in [5, 5.41) is 11.3. The van der Waals surface area contributed by atoms with E-state index < -0.39 is 0 Å². The average molecular weight is 262 g/mol. The molecule has 0 aromatic carbocycles. The Morgan fingerprint density at radius 1 is 1.44 bits per heavy atom. The number of aryl methyl sites for hydroxylation is 2. The number of nitrogens with one attached hydrogen (secondary N) is 1. The average Bonchev–Trinajstić information content (AvgIpc) is 2.97. The topological polar surface area (TPSA) is 42.7 Å². The van der Waals surface area contributed by atoms with Crippen molar-refractivity contribution in [2.75, 3.05) is 0 Å². The lowest BCUT2D eigenvalue weighted by atomic mass is 10.4. The van der Waals surface area contributed by atoms with Gasteiger partial charge in [-0.15, -0.1) is 11.3 Å². The van der Waals surface area contributed by atoms with Gasteiger partial charge in [0, 0.05) is 23.7 Å². The smallest absolute Gasteiger partial charge is 0.107 e. The van der Waals surface area contributed by atoms with Crippen LogP contribution in [-0.4, -0.2) is 20.8 Å². The summed E-state index contributed by atoms with van der Waals surface area (Å²) in [6.45, 7) is 5.80. The Kier molecular flexibility index (Phi) is 3.18. The van der Waals surface area contributed by atoms with E-state index in [4.69, 9.17) is 0 Å². The second-order valence-electron chi connectivity index (χ2n) is 4.97. The van der Waals surface area contributed by atoms with Gasteiger partial charge in [-0.2, -0.15) is 5.10 Å². The van der Waals surface area contributed by atoms with Gasteiger partial charge in [-0.3, -0.25) is 4.68 Å². The third kappa shape index (κ3) is 2.79. The Morgan fingerprint density at radius 3 is 2.94 bits per heavy atom. The minimum atomic E-state index is 0.744. The van der Waals surface area contributed by atoms with Gasteiger partial charge in [0.15, 0.2) is 0 Å². The first kappa shape index (κ1) is 11.9. The first-order valence-corrected chi connectivity index (χ1v) is 7.26. The standard InChI is InChI=1S/C13H18N4S/c1-9-5-10(2)17(16-9)7-12-8-18-13(15-12)6-14-11-3-4-11/h5,8,11,14H,3-4,6-7H2,1-2H3. The van der Waals surface area contributed by atoms with E-state index in [1.807, 2.05) is 11.6 Å². The Hall–Kier alpha value is -1.20. The molecule has 0 saturated heterocycles. The maximum absolute atomic E-state index is 4.65. The van der Waals surface area contributed by atoms with Crippen molar-refractivity contribution in [3.8, 4) is 0 Å². The van der Waals surface area contributed by atoms with Crippen LogP contribution in [0.5, 0.6) is 0 Å². The molecule has 2 heterocycles. The van der Waals surface area contributed by atoms with E-state index in [1.165, 1.54) is 23.5 Å². The number of hydrogen-bond donors (Lipinski definition) is 1. The van der Waals surface area contributed by atoms with E-state index in [2.05, 4.69) is 33.8 Å². The van der Waals surface area contributed by atoms with E-state index in [-0.39, 0.29) is 0 Å². The lowest BCUT2D eigenvalue weighted by Crippen LogP contribution is -2.15. The van der Waals surface area contributed by atoms with Crippen LogP contribution in [0.25, 0.3) is 0 Å². The summed E-state index contributed by atoms with van der Waals surface area (Å²) in [5.41, 5.74) is 3.37. The van der Waals surface area contributed by atoms with Gasteiger partial charge in [0.05, 0.1) is 17.9 Å². The molecular weight excluding hydrogens is 244 g/mol. The van der Waals surface area contributed by atoms with Crippen molar-refractivity contribution in [3.05, 3.63) is 33.5 Å². The lowest BCUT2D eigenvalue weighted by molar-refractivity contribution is 0.641. The summed E-state index contributed by atoms with van der Waals surface area (Å²) in [6.07, 6.45) is 2.65. The van der Waals surface area contributed by atoms with Crippen LogP contribution in [0.4, 0.5) is 0 Å². The van der Waals surface area contributed by atoms with Crippen molar-refractivity contribution >= 4 is 11.3 Å². The van der Waals surface area contributed by atoms with Crippen molar-refractivity contribution in [2.24, 2.45) is 0 Å². The monoisotopic (exact) mass is 262 g/mol. The van der Waals surface area contributed by atoms with Crippen molar-refractivity contribution in [3.63, 3.8) is 0 Å². The molecule has 2 aromatic rings. The van der Waals surface area contributed by atoms with Gasteiger partial charge in [0.2, 0.25) is 0 Å². The summed E-state index contributed by atoms with van der Waals surface area (Å²) in [4.78, 5) is 4.65. The highest BCUT2D eigenvalue weighted by atomic mass is 32.1. The Morgan fingerprint density at radius 2 is 2.28 bits per heavy atom. The molecule has 0 unspecified atom stereocenters. The molecule has 0 atom stereocenters. The molecule has 1 saturated carbocycles. The molecule has 0 aliphatic heterocycles. The zero-order valence-electron chi connectivity index (χ0n) is 10.8. The summed E-state index contributed by atoms with van der Waals surface area (Å²) in [5.74, 6) is 0. The maximum atomic E-state index is 4.65. The number of aromatic nitrogens is 3. The predicted molar refractivity (Wildman–Crippen MR) is 72.8 cm³/mol. The highest BCUT2D eigenvalue weighted by Gasteiger charge is 2.20. The third-order valence-corrected chi connectivity index (χ3v) is 4.03. The Balaban J connectivity index is 1.63. The Labute approximate surface area is 111 Å². The molecule has 0 amide bonds. The fourth-order valence-corrected chi connectivity index (χ4v) is 2.75. The predicted octanol–water partition coefficient (Wildman–Crippen LogP) is 2.26. The number of hydrogen-bond acceptors (Lipinski definition) is 4. The van der Waals surface area contributed by atoms with Crippen LogP contribution < -0.4 is 5.32 Å². The zero-order valence-corrected chi connectivity index (χ0v) is 11.6. The normalized spacial score (nSPS) is 15.2. The number of nitrogens with zero attached hydrogens (tertiary/aromatic N) is 3. The van der Waals surface area contributed by atoms with Crippen LogP contribution in [-0.2, 0) is 13.1 Å². The molecule has 1 aliphatic carbocycles. The summed E-state index contributed by atoms with van der Waals surface area (Å²) in [6, 6.07) is 2.84. The Bertz CT molecular complexity index is 539.